The molecule has 0 radical (unpaired) electrons. The number of nitrogens with zero attached hydrogens (tertiary/aromatic N) is 1. The number of benzene rings is 1. The summed E-state index contributed by atoms with van der Waals surface area (Å²) in [7, 11) is 1.76. The smallest absolute Gasteiger partial charge is 0.272 e. The van der Waals surface area contributed by atoms with Crippen LogP contribution in [0.4, 0.5) is 5.69 Å². The quantitative estimate of drug-likeness (QED) is 0.814. The predicted molar refractivity (Wildman–Crippen MR) is 79.3 cm³/mol. The molecule has 3 rings (SSSR count). The van der Waals surface area contributed by atoms with Gasteiger partial charge in [0.05, 0.1) is 11.1 Å². The zero-order valence-corrected chi connectivity index (χ0v) is 12.5. The van der Waals surface area contributed by atoms with Crippen LogP contribution in [0, 0.1) is 0 Å². The highest BCUT2D eigenvalue weighted by molar-refractivity contribution is 9.10. The van der Waals surface area contributed by atoms with Gasteiger partial charge < -0.3 is 9.88 Å². The van der Waals surface area contributed by atoms with Crippen molar-refractivity contribution >= 4 is 39.3 Å². The van der Waals surface area contributed by atoms with Crippen LogP contribution in [-0.4, -0.2) is 22.3 Å². The molecule has 7 heteroatoms. The van der Waals surface area contributed by atoms with E-state index < -0.39 is 11.8 Å². The number of fused-ring (bicyclic) bond motifs is 1. The molecule has 21 heavy (non-hydrogen) atoms. The average molecular weight is 348 g/mol. The molecule has 3 amide bonds. The van der Waals surface area contributed by atoms with Gasteiger partial charge in [-0.05, 0) is 40.2 Å². The SMILES string of the molecule is Cn1cc(Br)cc1C(=O)Nc1ccc2c(c1)C(=O)NC2=O. The maximum atomic E-state index is 12.2. The Balaban J connectivity index is 1.88. The van der Waals surface area contributed by atoms with Gasteiger partial charge in [0.25, 0.3) is 17.7 Å². The summed E-state index contributed by atoms with van der Waals surface area (Å²) in [4.78, 5) is 35.2. The minimum absolute atomic E-state index is 0.269. The van der Waals surface area contributed by atoms with Gasteiger partial charge in [0.15, 0.2) is 0 Å². The van der Waals surface area contributed by atoms with Crippen LogP contribution in [0.15, 0.2) is 34.9 Å². The lowest BCUT2D eigenvalue weighted by atomic mass is 10.1. The number of aromatic nitrogens is 1. The Morgan fingerprint density at radius 2 is 1.90 bits per heavy atom. The molecule has 0 aliphatic carbocycles. The van der Waals surface area contributed by atoms with Crippen LogP contribution in [0.25, 0.3) is 0 Å². The van der Waals surface area contributed by atoms with E-state index in [1.807, 2.05) is 0 Å². The number of rotatable bonds is 2. The Morgan fingerprint density at radius 3 is 2.57 bits per heavy atom. The molecule has 2 N–H and O–H groups in total. The lowest BCUT2D eigenvalue weighted by Gasteiger charge is -2.06. The van der Waals surface area contributed by atoms with Crippen LogP contribution in [-0.2, 0) is 7.05 Å². The normalized spacial score (nSPS) is 13.0. The lowest BCUT2D eigenvalue weighted by molar-refractivity contribution is 0.0878. The number of hydrogen-bond acceptors (Lipinski definition) is 3. The molecule has 0 spiro atoms. The van der Waals surface area contributed by atoms with E-state index in [9.17, 15) is 14.4 Å². The van der Waals surface area contributed by atoms with Crippen molar-refractivity contribution in [2.45, 2.75) is 0 Å². The summed E-state index contributed by atoms with van der Waals surface area (Å²) in [5.74, 6) is -1.17. The van der Waals surface area contributed by atoms with Crippen LogP contribution in [0.1, 0.15) is 31.2 Å². The van der Waals surface area contributed by atoms with Gasteiger partial charge in [0, 0.05) is 23.4 Å². The van der Waals surface area contributed by atoms with E-state index in [4.69, 9.17) is 0 Å². The zero-order chi connectivity index (χ0) is 15.1. The van der Waals surface area contributed by atoms with Gasteiger partial charge in [0.2, 0.25) is 0 Å². The van der Waals surface area contributed by atoms with Crippen LogP contribution in [0.2, 0.25) is 0 Å². The standard InChI is InChI=1S/C14H10BrN3O3/c1-18-6-7(15)4-11(18)14(21)16-8-2-3-9-10(5-8)13(20)17-12(9)19/h2-6H,1H3,(H,16,21)(H,17,19,20). The summed E-state index contributed by atoms with van der Waals surface area (Å²) < 4.78 is 2.48. The fraction of sp³-hybridized carbons (Fsp3) is 0.0714. The third-order valence-corrected chi connectivity index (χ3v) is 3.63. The summed E-state index contributed by atoms with van der Waals surface area (Å²) in [6.45, 7) is 0. The third-order valence-electron chi connectivity index (χ3n) is 3.20. The molecule has 2 heterocycles. The number of aryl methyl sites for hydroxylation is 1. The second-order valence-electron chi connectivity index (χ2n) is 4.65. The molecule has 0 atom stereocenters. The molecule has 0 bridgehead atoms. The van der Waals surface area contributed by atoms with Crippen LogP contribution >= 0.6 is 15.9 Å². The van der Waals surface area contributed by atoms with Gasteiger partial charge in [-0.15, -0.1) is 0 Å². The highest BCUT2D eigenvalue weighted by Gasteiger charge is 2.26. The number of imide groups is 1. The van der Waals surface area contributed by atoms with Crippen molar-refractivity contribution in [1.29, 1.82) is 0 Å². The highest BCUT2D eigenvalue weighted by atomic mass is 79.9. The van der Waals surface area contributed by atoms with Gasteiger partial charge in [-0.25, -0.2) is 0 Å². The van der Waals surface area contributed by atoms with Crippen molar-refractivity contribution in [3.8, 4) is 0 Å². The van der Waals surface area contributed by atoms with Crippen molar-refractivity contribution in [3.63, 3.8) is 0 Å². The molecule has 106 valence electrons. The monoisotopic (exact) mass is 347 g/mol. The number of anilines is 1. The molecule has 0 unspecified atom stereocenters. The number of carbonyl (C=O) groups excluding carboxylic acids is 3. The van der Waals surface area contributed by atoms with Gasteiger partial charge in [-0.2, -0.15) is 0 Å². The van der Waals surface area contributed by atoms with Crippen LogP contribution < -0.4 is 10.6 Å². The van der Waals surface area contributed by atoms with Crippen LogP contribution in [0.3, 0.4) is 0 Å². The molecule has 1 aliphatic rings. The molecular weight excluding hydrogens is 338 g/mol. The van der Waals surface area contributed by atoms with E-state index in [0.29, 0.717) is 16.9 Å². The molecule has 1 aromatic heterocycles. The molecule has 1 aliphatic heterocycles. The molecule has 6 nitrogen and oxygen atoms in total. The van der Waals surface area contributed by atoms with Gasteiger partial charge in [-0.1, -0.05) is 0 Å². The van der Waals surface area contributed by atoms with E-state index in [1.165, 1.54) is 12.1 Å². The first kappa shape index (κ1) is 13.6. The summed E-state index contributed by atoms with van der Waals surface area (Å²) in [6.07, 6.45) is 1.77. The Morgan fingerprint density at radius 1 is 1.19 bits per heavy atom. The van der Waals surface area contributed by atoms with E-state index in [-0.39, 0.29) is 11.5 Å². The molecule has 1 aromatic carbocycles. The van der Waals surface area contributed by atoms with Gasteiger partial charge in [0.1, 0.15) is 5.69 Å². The van der Waals surface area contributed by atoms with Gasteiger partial charge in [-0.3, -0.25) is 19.7 Å². The number of hydrogen-bond donors (Lipinski definition) is 2. The molecule has 0 saturated carbocycles. The topological polar surface area (TPSA) is 80.2 Å². The summed E-state index contributed by atoms with van der Waals surface area (Å²) in [5, 5.41) is 4.91. The number of carbonyl (C=O) groups is 3. The van der Waals surface area contributed by atoms with Crippen molar-refractivity contribution < 1.29 is 14.4 Å². The summed E-state index contributed by atoms with van der Waals surface area (Å²) >= 11 is 3.30. The van der Waals surface area contributed by atoms with E-state index in [1.54, 1.807) is 29.9 Å². The van der Waals surface area contributed by atoms with E-state index in [0.717, 1.165) is 4.47 Å². The average Bonchev–Trinajstić information content (AvgIpc) is 2.90. The summed E-state index contributed by atoms with van der Waals surface area (Å²) in [5.41, 5.74) is 1.52. The maximum Gasteiger partial charge on any atom is 0.272 e. The predicted octanol–water partition coefficient (Wildman–Crippen LogP) is 1.92. The Bertz CT molecular complexity index is 795. The minimum atomic E-state index is -0.451. The fourth-order valence-corrected chi connectivity index (χ4v) is 2.71. The van der Waals surface area contributed by atoms with E-state index >= 15 is 0 Å². The summed E-state index contributed by atoms with van der Waals surface area (Å²) in [6, 6.07) is 6.30. The van der Waals surface area contributed by atoms with Crippen molar-refractivity contribution in [2.75, 3.05) is 5.32 Å². The highest BCUT2D eigenvalue weighted by Crippen LogP contribution is 2.21. The Labute approximate surface area is 128 Å². The second kappa shape index (κ2) is 4.85. The first-order valence-corrected chi connectivity index (χ1v) is 6.88. The van der Waals surface area contributed by atoms with Crippen molar-refractivity contribution in [3.05, 3.63) is 51.8 Å². The molecule has 2 aromatic rings. The first-order chi connectivity index (χ1) is 9.95. The zero-order valence-electron chi connectivity index (χ0n) is 10.9. The van der Waals surface area contributed by atoms with E-state index in [2.05, 4.69) is 26.6 Å². The third kappa shape index (κ3) is 2.36. The van der Waals surface area contributed by atoms with Crippen molar-refractivity contribution in [2.24, 2.45) is 7.05 Å². The second-order valence-corrected chi connectivity index (χ2v) is 5.57. The molecule has 0 fully saturated rings. The number of nitrogens with one attached hydrogen (secondary N) is 2. The molecular formula is C14H10BrN3O3. The Kier molecular flexibility index (Phi) is 3.13. The minimum Gasteiger partial charge on any atom is -0.345 e. The number of amides is 3. The van der Waals surface area contributed by atoms with Crippen molar-refractivity contribution in [1.82, 2.24) is 9.88 Å². The number of halogens is 1. The lowest BCUT2D eigenvalue weighted by Crippen LogP contribution is -2.19. The maximum absolute atomic E-state index is 12.2. The van der Waals surface area contributed by atoms with Gasteiger partial charge >= 0.3 is 0 Å². The Hall–Kier alpha value is -2.41. The van der Waals surface area contributed by atoms with Crippen LogP contribution in [0.5, 0.6) is 0 Å². The molecule has 0 saturated heterocycles. The largest absolute Gasteiger partial charge is 0.345 e. The fourth-order valence-electron chi connectivity index (χ4n) is 2.19. The first-order valence-electron chi connectivity index (χ1n) is 6.08.